The zero-order valence-electron chi connectivity index (χ0n) is 13.3. The third kappa shape index (κ3) is 3.11. The minimum atomic E-state index is -0.425. The van der Waals surface area contributed by atoms with Crippen molar-refractivity contribution in [3.63, 3.8) is 0 Å². The number of amides is 1. The summed E-state index contributed by atoms with van der Waals surface area (Å²) in [6, 6.07) is 4.80. The molecule has 1 saturated heterocycles. The van der Waals surface area contributed by atoms with Gasteiger partial charge in [-0.1, -0.05) is 26.8 Å². The first kappa shape index (κ1) is 16.4. The first-order valence-corrected chi connectivity index (χ1v) is 7.58. The standard InChI is InChI=1S/C16H23N3O3/c1-4-11-5-6-12(9-13(11)19(21)22)15(20)18-8-7-14(17)16(2,3)10-18/h5-6,9,14H,4,7-8,10,17H2,1-3H3. The number of likely N-dealkylation sites (tertiary alicyclic amines) is 1. The van der Waals surface area contributed by atoms with Crippen molar-refractivity contribution in [1.82, 2.24) is 4.90 Å². The van der Waals surface area contributed by atoms with E-state index >= 15 is 0 Å². The maximum Gasteiger partial charge on any atom is 0.273 e. The quantitative estimate of drug-likeness (QED) is 0.685. The van der Waals surface area contributed by atoms with Gasteiger partial charge in [-0.3, -0.25) is 14.9 Å². The Labute approximate surface area is 130 Å². The number of nitrogens with zero attached hydrogens (tertiary/aromatic N) is 2. The number of hydrogen-bond acceptors (Lipinski definition) is 4. The molecule has 1 unspecified atom stereocenters. The smallest absolute Gasteiger partial charge is 0.273 e. The average molecular weight is 305 g/mol. The molecule has 1 heterocycles. The van der Waals surface area contributed by atoms with Crippen LogP contribution in [0.25, 0.3) is 0 Å². The van der Waals surface area contributed by atoms with E-state index < -0.39 is 4.92 Å². The molecule has 0 bridgehead atoms. The van der Waals surface area contributed by atoms with Crippen LogP contribution in [0.3, 0.4) is 0 Å². The molecule has 1 aromatic carbocycles. The van der Waals surface area contributed by atoms with Crippen molar-refractivity contribution in [2.45, 2.75) is 39.7 Å². The van der Waals surface area contributed by atoms with Gasteiger partial charge in [-0.2, -0.15) is 0 Å². The number of nitrogens with two attached hydrogens (primary N) is 1. The molecule has 1 fully saturated rings. The molecule has 6 nitrogen and oxygen atoms in total. The second-order valence-electron chi connectivity index (χ2n) is 6.56. The minimum Gasteiger partial charge on any atom is -0.338 e. The number of carbonyl (C=O) groups is 1. The predicted octanol–water partition coefficient (Wildman–Crippen LogP) is 2.36. The van der Waals surface area contributed by atoms with Gasteiger partial charge in [0.2, 0.25) is 0 Å². The topological polar surface area (TPSA) is 89.5 Å². The van der Waals surface area contributed by atoms with Crippen LogP contribution >= 0.6 is 0 Å². The molecule has 1 amide bonds. The molecule has 22 heavy (non-hydrogen) atoms. The lowest BCUT2D eigenvalue weighted by Gasteiger charge is -2.42. The number of aryl methyl sites for hydroxylation is 1. The lowest BCUT2D eigenvalue weighted by atomic mass is 9.79. The molecule has 2 N–H and O–H groups in total. The fraction of sp³-hybridized carbons (Fsp3) is 0.562. The molecule has 2 rings (SSSR count). The van der Waals surface area contributed by atoms with Gasteiger partial charge in [0.15, 0.2) is 0 Å². The molecule has 1 atom stereocenters. The van der Waals surface area contributed by atoms with Gasteiger partial charge in [0, 0.05) is 36.3 Å². The second kappa shape index (κ2) is 6.04. The number of rotatable bonds is 3. The van der Waals surface area contributed by atoms with E-state index in [4.69, 9.17) is 5.73 Å². The van der Waals surface area contributed by atoms with Crippen molar-refractivity contribution in [1.29, 1.82) is 0 Å². The summed E-state index contributed by atoms with van der Waals surface area (Å²) in [6.07, 6.45) is 1.31. The van der Waals surface area contributed by atoms with E-state index in [1.807, 2.05) is 20.8 Å². The van der Waals surface area contributed by atoms with Crippen LogP contribution < -0.4 is 5.73 Å². The summed E-state index contributed by atoms with van der Waals surface area (Å²) in [6.45, 7) is 7.10. The number of carbonyl (C=O) groups excluding carboxylic acids is 1. The van der Waals surface area contributed by atoms with E-state index in [2.05, 4.69) is 0 Å². The molecule has 1 aliphatic heterocycles. The molecular formula is C16H23N3O3. The van der Waals surface area contributed by atoms with Crippen LogP contribution in [0, 0.1) is 15.5 Å². The molecule has 0 aliphatic carbocycles. The summed E-state index contributed by atoms with van der Waals surface area (Å²) in [5.74, 6) is -0.161. The van der Waals surface area contributed by atoms with Crippen LogP contribution in [0.4, 0.5) is 5.69 Å². The Morgan fingerprint density at radius 1 is 1.50 bits per heavy atom. The van der Waals surface area contributed by atoms with E-state index in [1.165, 1.54) is 6.07 Å². The van der Waals surface area contributed by atoms with Crippen molar-refractivity contribution in [2.75, 3.05) is 13.1 Å². The second-order valence-corrected chi connectivity index (χ2v) is 6.56. The van der Waals surface area contributed by atoms with Crippen LogP contribution in [0.1, 0.15) is 43.1 Å². The summed E-state index contributed by atoms with van der Waals surface area (Å²) in [7, 11) is 0. The lowest BCUT2D eigenvalue weighted by Crippen LogP contribution is -2.54. The number of benzene rings is 1. The molecule has 1 aliphatic rings. The Bertz CT molecular complexity index is 598. The maximum absolute atomic E-state index is 12.6. The first-order valence-electron chi connectivity index (χ1n) is 7.58. The summed E-state index contributed by atoms with van der Waals surface area (Å²) in [4.78, 5) is 25.1. The highest BCUT2D eigenvalue weighted by Crippen LogP contribution is 2.29. The molecule has 6 heteroatoms. The van der Waals surface area contributed by atoms with Crippen molar-refractivity contribution >= 4 is 11.6 Å². The third-order valence-corrected chi connectivity index (χ3v) is 4.51. The predicted molar refractivity (Wildman–Crippen MR) is 84.8 cm³/mol. The van der Waals surface area contributed by atoms with Crippen molar-refractivity contribution < 1.29 is 9.72 Å². The van der Waals surface area contributed by atoms with Crippen molar-refractivity contribution in [3.05, 3.63) is 39.4 Å². The normalized spacial score (nSPS) is 20.7. The molecule has 1 aromatic rings. The Kier molecular flexibility index (Phi) is 4.51. The molecule has 0 aromatic heterocycles. The van der Waals surface area contributed by atoms with E-state index in [0.29, 0.717) is 30.6 Å². The van der Waals surface area contributed by atoms with Gasteiger partial charge in [-0.15, -0.1) is 0 Å². The fourth-order valence-corrected chi connectivity index (χ4v) is 2.90. The van der Waals surface area contributed by atoms with E-state index in [-0.39, 0.29) is 23.1 Å². The van der Waals surface area contributed by atoms with Gasteiger partial charge in [0.1, 0.15) is 0 Å². The molecule has 0 saturated carbocycles. The van der Waals surface area contributed by atoms with E-state index in [9.17, 15) is 14.9 Å². The fourth-order valence-electron chi connectivity index (χ4n) is 2.90. The van der Waals surface area contributed by atoms with Crippen molar-refractivity contribution in [2.24, 2.45) is 11.1 Å². The van der Waals surface area contributed by atoms with E-state index in [0.717, 1.165) is 6.42 Å². The van der Waals surface area contributed by atoms with Gasteiger partial charge >= 0.3 is 0 Å². The number of piperidine rings is 1. The van der Waals surface area contributed by atoms with Crippen LogP contribution in [-0.2, 0) is 6.42 Å². The molecule has 0 radical (unpaired) electrons. The number of hydrogen-bond donors (Lipinski definition) is 1. The Hall–Kier alpha value is -1.95. The summed E-state index contributed by atoms with van der Waals surface area (Å²) >= 11 is 0. The van der Waals surface area contributed by atoms with E-state index in [1.54, 1.807) is 17.0 Å². The highest BCUT2D eigenvalue weighted by Gasteiger charge is 2.35. The minimum absolute atomic E-state index is 0.0151. The maximum atomic E-state index is 12.6. The summed E-state index contributed by atoms with van der Waals surface area (Å²) in [5, 5.41) is 11.1. The van der Waals surface area contributed by atoms with Gasteiger partial charge in [0.05, 0.1) is 4.92 Å². The van der Waals surface area contributed by atoms with Crippen LogP contribution in [0.2, 0.25) is 0 Å². The van der Waals surface area contributed by atoms with Crippen LogP contribution in [0.15, 0.2) is 18.2 Å². The van der Waals surface area contributed by atoms with Crippen molar-refractivity contribution in [3.8, 4) is 0 Å². The van der Waals surface area contributed by atoms with Crippen LogP contribution in [0.5, 0.6) is 0 Å². The largest absolute Gasteiger partial charge is 0.338 e. The SMILES string of the molecule is CCc1ccc(C(=O)N2CCC(N)C(C)(C)C2)cc1[N+](=O)[O-]. The Morgan fingerprint density at radius 3 is 2.73 bits per heavy atom. The highest BCUT2D eigenvalue weighted by atomic mass is 16.6. The Balaban J connectivity index is 2.27. The molecule has 0 spiro atoms. The van der Waals surface area contributed by atoms with Gasteiger partial charge in [0.25, 0.3) is 11.6 Å². The Morgan fingerprint density at radius 2 is 2.18 bits per heavy atom. The van der Waals surface area contributed by atoms with Gasteiger partial charge < -0.3 is 10.6 Å². The lowest BCUT2D eigenvalue weighted by molar-refractivity contribution is -0.385. The van der Waals surface area contributed by atoms with Gasteiger partial charge in [-0.05, 0) is 24.3 Å². The average Bonchev–Trinajstić information content (AvgIpc) is 2.48. The van der Waals surface area contributed by atoms with Crippen LogP contribution in [-0.4, -0.2) is 34.9 Å². The zero-order valence-corrected chi connectivity index (χ0v) is 13.3. The molecule has 120 valence electrons. The monoisotopic (exact) mass is 305 g/mol. The van der Waals surface area contributed by atoms with Gasteiger partial charge in [-0.25, -0.2) is 0 Å². The third-order valence-electron chi connectivity index (χ3n) is 4.51. The highest BCUT2D eigenvalue weighted by molar-refractivity contribution is 5.95. The number of nitro groups is 1. The first-order chi connectivity index (χ1) is 10.3. The number of nitro benzene ring substituents is 1. The molecular weight excluding hydrogens is 282 g/mol. The zero-order chi connectivity index (χ0) is 16.5. The summed E-state index contributed by atoms with van der Waals surface area (Å²) in [5.41, 5.74) is 6.97. The summed E-state index contributed by atoms with van der Waals surface area (Å²) < 4.78 is 0.